The van der Waals surface area contributed by atoms with Crippen LogP contribution in [0.2, 0.25) is 0 Å². The summed E-state index contributed by atoms with van der Waals surface area (Å²) in [6, 6.07) is 6.20. The summed E-state index contributed by atoms with van der Waals surface area (Å²) in [6.45, 7) is 11.1. The molecular weight excluding hydrogens is 336 g/mol. The van der Waals surface area contributed by atoms with Crippen molar-refractivity contribution in [1.29, 1.82) is 0 Å². The van der Waals surface area contributed by atoms with Gasteiger partial charge in [-0.05, 0) is 75.2 Å². The van der Waals surface area contributed by atoms with Gasteiger partial charge in [0, 0.05) is 6.54 Å². The van der Waals surface area contributed by atoms with E-state index in [1.165, 1.54) is 12.8 Å². The highest BCUT2D eigenvalue weighted by Gasteiger charge is 2.18. The Morgan fingerprint density at radius 3 is 2.76 bits per heavy atom. The van der Waals surface area contributed by atoms with Gasteiger partial charge in [-0.25, -0.2) is 0 Å². The van der Waals surface area contributed by atoms with Gasteiger partial charge in [-0.3, -0.25) is 4.79 Å². The number of carbonyl (C=O) groups excluding carboxylic acids is 1. The quantitative estimate of drug-likeness (QED) is 0.769. The average molecular weight is 369 g/mol. The molecule has 2 rings (SSSR count). The minimum absolute atomic E-state index is 0. The summed E-state index contributed by atoms with van der Waals surface area (Å²) in [5.41, 5.74) is 2.29. The first-order chi connectivity index (χ1) is 11.5. The van der Waals surface area contributed by atoms with E-state index in [-0.39, 0.29) is 18.3 Å². The predicted octanol–water partition coefficient (Wildman–Crippen LogP) is 3.81. The molecule has 2 N–H and O–H groups in total. The number of ether oxygens (including phenoxy) is 1. The zero-order valence-corrected chi connectivity index (χ0v) is 16.7. The molecule has 1 amide bonds. The molecule has 1 aliphatic heterocycles. The summed E-state index contributed by atoms with van der Waals surface area (Å²) in [5.74, 6) is 1.84. The molecule has 0 aliphatic carbocycles. The van der Waals surface area contributed by atoms with Gasteiger partial charge in [-0.1, -0.05) is 26.0 Å². The van der Waals surface area contributed by atoms with E-state index in [1.54, 1.807) is 0 Å². The van der Waals surface area contributed by atoms with Gasteiger partial charge in [0.05, 0.1) is 0 Å². The molecule has 1 heterocycles. The van der Waals surface area contributed by atoms with Crippen molar-refractivity contribution in [3.05, 3.63) is 29.3 Å². The fourth-order valence-electron chi connectivity index (χ4n) is 3.18. The van der Waals surface area contributed by atoms with E-state index in [4.69, 9.17) is 4.74 Å². The van der Waals surface area contributed by atoms with E-state index in [2.05, 4.69) is 36.6 Å². The summed E-state index contributed by atoms with van der Waals surface area (Å²) in [4.78, 5) is 12.3. The molecule has 1 aromatic carbocycles. The van der Waals surface area contributed by atoms with E-state index >= 15 is 0 Å². The molecule has 5 heteroatoms. The van der Waals surface area contributed by atoms with Crippen molar-refractivity contribution in [2.75, 3.05) is 19.6 Å². The maximum absolute atomic E-state index is 12.3. The standard InChI is InChI=1S/C20H32N2O2.ClH/c1-14(2)18-8-7-15(3)12-19(18)24-16(4)20(23)22-11-9-17-6-5-10-21-13-17;/h7-8,12,14,16-17,21H,5-6,9-11,13H2,1-4H3,(H,22,23);1H. The number of rotatable bonds is 7. The maximum Gasteiger partial charge on any atom is 0.260 e. The van der Waals surface area contributed by atoms with Crippen molar-refractivity contribution in [2.24, 2.45) is 5.92 Å². The van der Waals surface area contributed by atoms with Crippen LogP contribution >= 0.6 is 12.4 Å². The number of amides is 1. The fourth-order valence-corrected chi connectivity index (χ4v) is 3.18. The normalized spacial score (nSPS) is 18.4. The van der Waals surface area contributed by atoms with Crippen LogP contribution in [0, 0.1) is 12.8 Å². The third kappa shape index (κ3) is 6.87. The molecule has 0 spiro atoms. The van der Waals surface area contributed by atoms with Crippen LogP contribution in [0.3, 0.4) is 0 Å². The van der Waals surface area contributed by atoms with Gasteiger partial charge < -0.3 is 15.4 Å². The van der Waals surface area contributed by atoms with Crippen LogP contribution in [0.25, 0.3) is 0 Å². The second kappa shape index (κ2) is 10.7. The Kier molecular flexibility index (Phi) is 9.30. The maximum atomic E-state index is 12.3. The van der Waals surface area contributed by atoms with Crippen LogP contribution in [0.1, 0.15) is 57.1 Å². The third-order valence-corrected chi connectivity index (χ3v) is 4.71. The molecule has 2 atom stereocenters. The third-order valence-electron chi connectivity index (χ3n) is 4.71. The van der Waals surface area contributed by atoms with Crippen molar-refractivity contribution >= 4 is 18.3 Å². The zero-order valence-electron chi connectivity index (χ0n) is 15.9. The number of nitrogens with one attached hydrogen (secondary N) is 2. The zero-order chi connectivity index (χ0) is 17.5. The topological polar surface area (TPSA) is 50.4 Å². The lowest BCUT2D eigenvalue weighted by molar-refractivity contribution is -0.127. The second-order valence-corrected chi connectivity index (χ2v) is 7.25. The van der Waals surface area contributed by atoms with E-state index < -0.39 is 6.10 Å². The van der Waals surface area contributed by atoms with Crippen LogP contribution in [-0.2, 0) is 4.79 Å². The van der Waals surface area contributed by atoms with Crippen molar-refractivity contribution in [3.8, 4) is 5.75 Å². The molecule has 4 nitrogen and oxygen atoms in total. The molecule has 0 bridgehead atoms. The van der Waals surface area contributed by atoms with Gasteiger partial charge >= 0.3 is 0 Å². The first-order valence-electron chi connectivity index (χ1n) is 9.23. The molecule has 1 fully saturated rings. The molecule has 25 heavy (non-hydrogen) atoms. The van der Waals surface area contributed by atoms with Crippen LogP contribution in [0.5, 0.6) is 5.75 Å². The molecule has 0 saturated carbocycles. The highest BCUT2D eigenvalue weighted by molar-refractivity contribution is 5.85. The molecule has 142 valence electrons. The molecule has 1 saturated heterocycles. The summed E-state index contributed by atoms with van der Waals surface area (Å²) < 4.78 is 5.97. The summed E-state index contributed by atoms with van der Waals surface area (Å²) in [5, 5.41) is 6.43. The minimum atomic E-state index is -0.478. The summed E-state index contributed by atoms with van der Waals surface area (Å²) >= 11 is 0. The number of piperidine rings is 1. The van der Waals surface area contributed by atoms with Crippen molar-refractivity contribution in [2.45, 2.75) is 59.0 Å². The van der Waals surface area contributed by atoms with Crippen LogP contribution in [0.15, 0.2) is 18.2 Å². The lowest BCUT2D eigenvalue weighted by Crippen LogP contribution is -2.38. The van der Waals surface area contributed by atoms with Gasteiger partial charge in [0.2, 0.25) is 0 Å². The number of halogens is 1. The lowest BCUT2D eigenvalue weighted by Gasteiger charge is -2.23. The summed E-state index contributed by atoms with van der Waals surface area (Å²) in [6.07, 6.45) is 3.06. The number of benzene rings is 1. The van der Waals surface area contributed by atoms with E-state index in [1.807, 2.05) is 19.9 Å². The molecule has 0 aromatic heterocycles. The largest absolute Gasteiger partial charge is 0.481 e. The Morgan fingerprint density at radius 2 is 2.12 bits per heavy atom. The van der Waals surface area contributed by atoms with Gasteiger partial charge in [0.15, 0.2) is 6.10 Å². The van der Waals surface area contributed by atoms with Gasteiger partial charge in [-0.2, -0.15) is 0 Å². The Labute approximate surface area is 158 Å². The smallest absolute Gasteiger partial charge is 0.260 e. The van der Waals surface area contributed by atoms with Crippen LogP contribution in [0.4, 0.5) is 0 Å². The first-order valence-corrected chi connectivity index (χ1v) is 9.23. The van der Waals surface area contributed by atoms with E-state index in [0.29, 0.717) is 11.8 Å². The molecule has 1 aromatic rings. The SMILES string of the molecule is Cc1ccc(C(C)C)c(OC(C)C(=O)NCCC2CCCNC2)c1.Cl. The highest BCUT2D eigenvalue weighted by Crippen LogP contribution is 2.28. The first kappa shape index (κ1) is 21.8. The van der Waals surface area contributed by atoms with E-state index in [0.717, 1.165) is 42.9 Å². The van der Waals surface area contributed by atoms with Gasteiger partial charge in [0.1, 0.15) is 5.75 Å². The molecular formula is C20H33ClN2O2. The second-order valence-electron chi connectivity index (χ2n) is 7.25. The molecule has 1 aliphatic rings. The highest BCUT2D eigenvalue weighted by atomic mass is 35.5. The van der Waals surface area contributed by atoms with E-state index in [9.17, 15) is 4.79 Å². The number of carbonyl (C=O) groups is 1. The Balaban J connectivity index is 0.00000312. The van der Waals surface area contributed by atoms with Crippen LogP contribution in [-0.4, -0.2) is 31.6 Å². The Bertz CT molecular complexity index is 542. The van der Waals surface area contributed by atoms with Crippen molar-refractivity contribution in [1.82, 2.24) is 10.6 Å². The summed E-state index contributed by atoms with van der Waals surface area (Å²) in [7, 11) is 0. The van der Waals surface area contributed by atoms with Crippen molar-refractivity contribution < 1.29 is 9.53 Å². The molecule has 2 unspecified atom stereocenters. The van der Waals surface area contributed by atoms with Gasteiger partial charge in [0.25, 0.3) is 5.91 Å². The Hall–Kier alpha value is -1.26. The lowest BCUT2D eigenvalue weighted by atomic mass is 9.96. The fraction of sp³-hybridized carbons (Fsp3) is 0.650. The molecule has 0 radical (unpaired) electrons. The predicted molar refractivity (Wildman–Crippen MR) is 106 cm³/mol. The number of hydrogen-bond donors (Lipinski definition) is 2. The van der Waals surface area contributed by atoms with Crippen LogP contribution < -0.4 is 15.4 Å². The monoisotopic (exact) mass is 368 g/mol. The van der Waals surface area contributed by atoms with Crippen molar-refractivity contribution in [3.63, 3.8) is 0 Å². The van der Waals surface area contributed by atoms with Gasteiger partial charge in [-0.15, -0.1) is 12.4 Å². The number of hydrogen-bond acceptors (Lipinski definition) is 3. The minimum Gasteiger partial charge on any atom is -0.481 e. The number of aryl methyl sites for hydroxylation is 1. The Morgan fingerprint density at radius 1 is 1.36 bits per heavy atom. The average Bonchev–Trinajstić information content (AvgIpc) is 2.55.